The summed E-state index contributed by atoms with van der Waals surface area (Å²) in [5.41, 5.74) is 1.49. The Morgan fingerprint density at radius 2 is 0.571 bits per heavy atom. The Morgan fingerprint density at radius 1 is 0.429 bits per heavy atom. The van der Waals surface area contributed by atoms with Gasteiger partial charge in [0.2, 0.25) is 0 Å². The van der Waals surface area contributed by atoms with E-state index < -0.39 is 10.8 Å². The molecule has 0 spiro atoms. The summed E-state index contributed by atoms with van der Waals surface area (Å²) in [7, 11) is 0. The molecule has 0 aromatic heterocycles. The van der Waals surface area contributed by atoms with E-state index in [4.69, 9.17) is 0 Å². The van der Waals surface area contributed by atoms with Crippen molar-refractivity contribution in [1.29, 1.82) is 0 Å². The Balaban J connectivity index is 0.000000265. The molecule has 4 rings (SSSR count). The van der Waals surface area contributed by atoms with E-state index in [9.17, 15) is 10.2 Å². The van der Waals surface area contributed by atoms with Gasteiger partial charge in [0.1, 0.15) is 5.92 Å². The van der Waals surface area contributed by atoms with Crippen molar-refractivity contribution in [1.82, 2.24) is 0 Å². The number of hydrogen-bond donors (Lipinski definition) is 2. The van der Waals surface area contributed by atoms with E-state index in [-0.39, 0.29) is 51.9 Å². The summed E-state index contributed by atoms with van der Waals surface area (Å²) in [6.07, 6.45) is 0. The topological polar surface area (TPSA) is 40.5 Å². The maximum atomic E-state index is 9.95. The van der Waals surface area contributed by atoms with Crippen molar-refractivity contribution in [2.45, 2.75) is 104 Å². The van der Waals surface area contributed by atoms with Crippen LogP contribution in [-0.4, -0.2) is 10.2 Å². The monoisotopic (exact) mass is 615 g/mol. The van der Waals surface area contributed by atoms with E-state index in [0.29, 0.717) is 0 Å². The van der Waals surface area contributed by atoms with Gasteiger partial charge in [-0.3, -0.25) is 0 Å². The molecular weight excluding hydrogens is 567 g/mol. The van der Waals surface area contributed by atoms with Gasteiger partial charge in [0.25, 0.3) is 0 Å². The zero-order valence-electron chi connectivity index (χ0n) is 24.8. The fraction of sp³-hybridized carbons (Fsp3) is 0.531. The van der Waals surface area contributed by atoms with Crippen LogP contribution in [0.5, 0.6) is 0 Å². The predicted octanol–water partition coefficient (Wildman–Crippen LogP) is 9.23. The maximum Gasteiger partial charge on any atom is 0.191 e. The van der Waals surface area contributed by atoms with E-state index in [0.717, 1.165) is 5.92 Å². The number of aliphatic hydroxyl groups excluding tert-OH is 2. The summed E-state index contributed by atoms with van der Waals surface area (Å²) in [5, 5.41) is 19.9. The molecule has 2 bridgehead atoms. The average Bonchev–Trinajstić information content (AvgIpc) is 3.21. The normalized spacial score (nSPS) is 32.9. The molecule has 2 saturated carbocycles. The summed E-state index contributed by atoms with van der Waals surface area (Å²) < 4.78 is 0. The van der Waals surface area contributed by atoms with E-state index in [1.54, 1.807) is 0 Å². The van der Waals surface area contributed by atoms with Crippen LogP contribution in [-0.2, 0) is 0 Å². The summed E-state index contributed by atoms with van der Waals surface area (Å²) in [6.45, 7) is 32.0. The second-order valence-corrected chi connectivity index (χ2v) is 11.1. The van der Waals surface area contributed by atoms with Gasteiger partial charge in [-0.2, -0.15) is 0 Å². The molecule has 0 aliphatic heterocycles. The number of allylic oxidation sites excluding steroid dienone is 2. The van der Waals surface area contributed by atoms with Gasteiger partial charge in [-0.25, -0.2) is 0 Å². The molecule has 3 heteroatoms. The van der Waals surface area contributed by atoms with Gasteiger partial charge in [-0.05, 0) is 98.0 Å². The van der Waals surface area contributed by atoms with E-state index >= 15 is 0 Å². The number of rotatable bonds is 0. The maximum absolute atomic E-state index is 9.95. The van der Waals surface area contributed by atoms with E-state index in [1.165, 1.54) is 70.3 Å². The quantitative estimate of drug-likeness (QED) is 0.211. The molecule has 35 heavy (non-hydrogen) atoms. The Bertz CT molecular complexity index is 631. The second-order valence-electron chi connectivity index (χ2n) is 11.1. The molecular formula is C32H47O2Sm+. The van der Waals surface area contributed by atoms with Crippen LogP contribution in [0, 0.1) is 116 Å². The molecule has 10 radical (unpaired) electrons. The van der Waals surface area contributed by atoms with Crippen LogP contribution >= 0.6 is 0 Å². The molecule has 2 unspecified atom stereocenters. The Labute approximate surface area is 251 Å². The van der Waals surface area contributed by atoms with Crippen LogP contribution < -0.4 is 0 Å². The molecule has 2 N–H and O–H groups in total. The third-order valence-electron chi connectivity index (χ3n) is 10.4. The molecule has 192 valence electrons. The van der Waals surface area contributed by atoms with Gasteiger partial charge >= 0.3 is 0 Å². The Morgan fingerprint density at radius 3 is 0.686 bits per heavy atom. The van der Waals surface area contributed by atoms with Crippen molar-refractivity contribution in [2.24, 2.45) is 10.8 Å². The Kier molecular flexibility index (Phi) is 11.0. The van der Waals surface area contributed by atoms with Gasteiger partial charge < -0.3 is 10.2 Å². The first-order valence-corrected chi connectivity index (χ1v) is 12.4. The number of hydrogen-bond acceptors (Lipinski definition) is 2. The fourth-order valence-corrected chi connectivity index (χ4v) is 5.81. The van der Waals surface area contributed by atoms with Crippen molar-refractivity contribution in [3.05, 3.63) is 87.8 Å². The van der Waals surface area contributed by atoms with Crippen molar-refractivity contribution in [3.63, 3.8) is 0 Å². The van der Waals surface area contributed by atoms with Crippen LogP contribution in [0.25, 0.3) is 0 Å². The number of aliphatic hydroxyl groups is 2. The van der Waals surface area contributed by atoms with Crippen molar-refractivity contribution in [2.75, 3.05) is 0 Å². The minimum atomic E-state index is -0.428. The first-order chi connectivity index (χ1) is 15.4. The first-order valence-electron chi connectivity index (χ1n) is 12.4. The molecule has 4 aliphatic rings. The standard InChI is InChI=1S/C12H16O2.2C10H15.Sm/c1-6-7(2)12(5)8(3)11(6,4)9(13)10(12)14;2*1-6-7(2)9(4)10(5)8(6)3;/h1-5H3,(H-,13,14);2*1-5H3;/p+1. The van der Waals surface area contributed by atoms with Crippen LogP contribution in [0.4, 0.5) is 0 Å². The van der Waals surface area contributed by atoms with Gasteiger partial charge in [0, 0.05) is 40.4 Å². The zero-order valence-corrected chi connectivity index (χ0v) is 27.4. The Hall–Kier alpha value is 0.288. The minimum absolute atomic E-state index is 0. The minimum Gasteiger partial charge on any atom is -0.504 e. The van der Waals surface area contributed by atoms with Crippen LogP contribution in [0.1, 0.15) is 104 Å². The van der Waals surface area contributed by atoms with E-state index in [1.807, 2.05) is 34.6 Å². The van der Waals surface area contributed by atoms with Crippen LogP contribution in [0.2, 0.25) is 0 Å². The van der Waals surface area contributed by atoms with Crippen molar-refractivity contribution >= 4 is 0 Å². The second kappa shape index (κ2) is 11.6. The van der Waals surface area contributed by atoms with Gasteiger partial charge in [-0.1, -0.05) is 69.2 Å². The number of fused-ring (bicyclic) bond motifs is 2. The largest absolute Gasteiger partial charge is 0.504 e. The molecule has 4 aliphatic carbocycles. The summed E-state index contributed by atoms with van der Waals surface area (Å²) in [5.74, 6) is 16.1. The predicted molar refractivity (Wildman–Crippen MR) is 145 cm³/mol. The summed E-state index contributed by atoms with van der Waals surface area (Å²) in [4.78, 5) is 0. The first kappa shape index (κ1) is 33.3. The third kappa shape index (κ3) is 5.03. The summed E-state index contributed by atoms with van der Waals surface area (Å²) >= 11 is 0. The molecule has 0 aromatic carbocycles. The van der Waals surface area contributed by atoms with Gasteiger partial charge in [-0.15, -0.1) is 0 Å². The van der Waals surface area contributed by atoms with Gasteiger partial charge in [0.15, 0.2) is 22.3 Å². The fourth-order valence-electron chi connectivity index (χ4n) is 5.81. The SMILES string of the molecule is CC1=C(C)C2(C)C(O)=C(O)C1(C)[C+]2C.C[C]1[C](C)[C](C)[C](C)[C]1C.C[C]1[C](C)[C](C)[C](C)[C]1C.[Sm]. The molecule has 2 fully saturated rings. The van der Waals surface area contributed by atoms with Crippen LogP contribution in [0.15, 0.2) is 22.7 Å². The molecule has 0 amide bonds. The smallest absolute Gasteiger partial charge is 0.191 e. The molecule has 0 saturated heterocycles. The van der Waals surface area contributed by atoms with Gasteiger partial charge in [0.05, 0.1) is 6.92 Å². The average molecular weight is 614 g/mol. The molecule has 2 atom stereocenters. The third-order valence-corrected chi connectivity index (χ3v) is 10.4. The van der Waals surface area contributed by atoms with Crippen LogP contribution in [0.3, 0.4) is 0 Å². The zero-order chi connectivity index (χ0) is 26.7. The molecule has 0 aromatic rings. The van der Waals surface area contributed by atoms with E-state index in [2.05, 4.69) is 69.2 Å². The van der Waals surface area contributed by atoms with Crippen molar-refractivity contribution < 1.29 is 50.6 Å². The molecule has 0 heterocycles. The summed E-state index contributed by atoms with van der Waals surface area (Å²) in [6, 6.07) is 0. The molecule has 2 nitrogen and oxygen atoms in total. The van der Waals surface area contributed by atoms with Crippen molar-refractivity contribution in [3.8, 4) is 0 Å².